The molecule has 4 heteroatoms. The molecule has 0 unspecified atom stereocenters. The van der Waals surface area contributed by atoms with Gasteiger partial charge in [-0.2, -0.15) is 0 Å². The molecule has 15 heavy (non-hydrogen) atoms. The van der Waals surface area contributed by atoms with Crippen LogP contribution in [0.25, 0.3) is 0 Å². The minimum absolute atomic E-state index is 0.224. The number of nitrogens with two attached hydrogens (primary N) is 1. The molecule has 0 aliphatic rings. The molecule has 0 heterocycles. The van der Waals surface area contributed by atoms with Gasteiger partial charge in [0.25, 0.3) is 0 Å². The Balaban J connectivity index is 3.82. The molecule has 88 valence electrons. The maximum atomic E-state index is 11.7. The third-order valence-electron chi connectivity index (χ3n) is 2.36. The first kappa shape index (κ1) is 14.4. The van der Waals surface area contributed by atoms with Crippen molar-refractivity contribution < 1.29 is 4.79 Å². The Morgan fingerprint density at radius 3 is 2.40 bits per heavy atom. The zero-order valence-electron chi connectivity index (χ0n) is 9.79. The average Bonchev–Trinajstić information content (AvgIpc) is 2.18. The molecule has 0 aromatic carbocycles. The van der Waals surface area contributed by atoms with Crippen molar-refractivity contribution in [1.29, 1.82) is 0 Å². The smallest absolute Gasteiger partial charge is 0.222 e. The fourth-order valence-corrected chi connectivity index (χ4v) is 1.48. The second-order valence-corrected chi connectivity index (χ2v) is 4.17. The molecular weight excluding hydrogens is 208 g/mol. The number of carbonyl (C=O) groups excluding carboxylic acids is 1. The molecule has 0 saturated carbocycles. The minimum atomic E-state index is 0.224. The van der Waals surface area contributed by atoms with Gasteiger partial charge in [0.05, 0.1) is 4.99 Å². The van der Waals surface area contributed by atoms with Gasteiger partial charge < -0.3 is 10.6 Å². The van der Waals surface area contributed by atoms with Crippen molar-refractivity contribution in [2.45, 2.75) is 46.0 Å². The highest BCUT2D eigenvalue weighted by Gasteiger charge is 2.10. The molecule has 0 rings (SSSR count). The van der Waals surface area contributed by atoms with Crippen LogP contribution in [0.3, 0.4) is 0 Å². The predicted octanol–water partition coefficient (Wildman–Crippen LogP) is 2.09. The van der Waals surface area contributed by atoms with Gasteiger partial charge in [0, 0.05) is 25.9 Å². The van der Waals surface area contributed by atoms with Crippen LogP contribution < -0.4 is 5.73 Å². The van der Waals surface area contributed by atoms with Gasteiger partial charge >= 0.3 is 0 Å². The first-order valence-electron chi connectivity index (χ1n) is 5.67. The molecule has 0 bridgehead atoms. The van der Waals surface area contributed by atoms with Crippen LogP contribution in [-0.2, 0) is 4.79 Å². The number of hydrogen-bond acceptors (Lipinski definition) is 2. The Morgan fingerprint density at radius 2 is 1.93 bits per heavy atom. The highest BCUT2D eigenvalue weighted by molar-refractivity contribution is 7.80. The van der Waals surface area contributed by atoms with E-state index in [0.29, 0.717) is 24.4 Å². The minimum Gasteiger partial charge on any atom is -0.393 e. The van der Waals surface area contributed by atoms with Crippen LogP contribution >= 0.6 is 12.2 Å². The van der Waals surface area contributed by atoms with Crippen molar-refractivity contribution >= 4 is 23.1 Å². The number of amides is 1. The molecular formula is C11H22N2OS. The van der Waals surface area contributed by atoms with Crippen molar-refractivity contribution in [1.82, 2.24) is 4.90 Å². The Hall–Kier alpha value is -0.640. The summed E-state index contributed by atoms with van der Waals surface area (Å²) < 4.78 is 0. The molecule has 0 saturated heterocycles. The summed E-state index contributed by atoms with van der Waals surface area (Å²) in [7, 11) is 0. The van der Waals surface area contributed by atoms with E-state index < -0.39 is 0 Å². The van der Waals surface area contributed by atoms with Crippen LogP contribution in [0.2, 0.25) is 0 Å². The highest BCUT2D eigenvalue weighted by atomic mass is 32.1. The molecule has 0 atom stereocenters. The van der Waals surface area contributed by atoms with E-state index in [2.05, 4.69) is 6.92 Å². The van der Waals surface area contributed by atoms with Crippen LogP contribution in [0.5, 0.6) is 0 Å². The number of carbonyl (C=O) groups is 1. The number of hydrogen-bond donors (Lipinski definition) is 1. The second-order valence-electron chi connectivity index (χ2n) is 3.65. The quantitative estimate of drug-likeness (QED) is 0.513. The summed E-state index contributed by atoms with van der Waals surface area (Å²) in [6, 6.07) is 0. The maximum Gasteiger partial charge on any atom is 0.222 e. The molecule has 1 amide bonds. The topological polar surface area (TPSA) is 46.3 Å². The van der Waals surface area contributed by atoms with Gasteiger partial charge in [0.1, 0.15) is 0 Å². The van der Waals surface area contributed by atoms with Crippen LogP contribution in [0.15, 0.2) is 0 Å². The number of thiocarbonyl (C=S) groups is 1. The van der Waals surface area contributed by atoms with Gasteiger partial charge in [-0.3, -0.25) is 4.79 Å². The van der Waals surface area contributed by atoms with Crippen LogP contribution in [0.4, 0.5) is 0 Å². The Labute approximate surface area is 98.0 Å². The number of unbranched alkanes of at least 4 members (excludes halogenated alkanes) is 2. The van der Waals surface area contributed by atoms with Gasteiger partial charge in [-0.1, -0.05) is 32.0 Å². The fraction of sp³-hybridized carbons (Fsp3) is 0.818. The Kier molecular flexibility index (Phi) is 8.28. The van der Waals surface area contributed by atoms with E-state index in [1.165, 1.54) is 0 Å². The van der Waals surface area contributed by atoms with Crippen molar-refractivity contribution in [3.63, 3.8) is 0 Å². The Bertz CT molecular complexity index is 207. The molecule has 0 radical (unpaired) electrons. The summed E-state index contributed by atoms with van der Waals surface area (Å²) in [5.74, 6) is 0.224. The molecule has 2 N–H and O–H groups in total. The molecule has 0 aliphatic heterocycles. The summed E-state index contributed by atoms with van der Waals surface area (Å²) in [6.45, 7) is 5.52. The third kappa shape index (κ3) is 7.31. The molecule has 0 spiro atoms. The summed E-state index contributed by atoms with van der Waals surface area (Å²) >= 11 is 4.79. The average molecular weight is 230 g/mol. The number of nitrogens with zero attached hydrogens (tertiary/aromatic N) is 1. The lowest BCUT2D eigenvalue weighted by Gasteiger charge is -2.20. The summed E-state index contributed by atoms with van der Waals surface area (Å²) in [4.78, 5) is 14.0. The zero-order chi connectivity index (χ0) is 11.7. The molecule has 0 fully saturated rings. The third-order valence-corrected chi connectivity index (χ3v) is 2.56. The van der Waals surface area contributed by atoms with Crippen molar-refractivity contribution in [3.8, 4) is 0 Å². The lowest BCUT2D eigenvalue weighted by atomic mass is 10.2. The maximum absolute atomic E-state index is 11.7. The van der Waals surface area contributed by atoms with E-state index in [9.17, 15) is 4.79 Å². The lowest BCUT2D eigenvalue weighted by Crippen LogP contribution is -2.33. The van der Waals surface area contributed by atoms with E-state index in [0.717, 1.165) is 25.8 Å². The van der Waals surface area contributed by atoms with E-state index >= 15 is 0 Å². The van der Waals surface area contributed by atoms with Crippen molar-refractivity contribution in [2.75, 3.05) is 13.1 Å². The lowest BCUT2D eigenvalue weighted by molar-refractivity contribution is -0.131. The highest BCUT2D eigenvalue weighted by Crippen LogP contribution is 2.03. The van der Waals surface area contributed by atoms with E-state index in [-0.39, 0.29) is 5.91 Å². The standard InChI is InChI=1S/C11H22N2OS/c1-3-5-6-7-11(14)13(4-2)9-8-10(12)15/h3-9H2,1-2H3,(H2,12,15). The summed E-state index contributed by atoms with van der Waals surface area (Å²) in [5, 5.41) is 0. The van der Waals surface area contributed by atoms with Gasteiger partial charge in [-0.25, -0.2) is 0 Å². The number of rotatable bonds is 8. The largest absolute Gasteiger partial charge is 0.393 e. The SMILES string of the molecule is CCCCCC(=O)N(CC)CCC(N)=S. The summed E-state index contributed by atoms with van der Waals surface area (Å²) in [6.07, 6.45) is 4.53. The molecule has 0 aromatic heterocycles. The Morgan fingerprint density at radius 1 is 1.27 bits per heavy atom. The van der Waals surface area contributed by atoms with Crippen LogP contribution in [0, 0.1) is 0 Å². The molecule has 0 aromatic rings. The molecule has 0 aliphatic carbocycles. The van der Waals surface area contributed by atoms with E-state index in [1.54, 1.807) is 0 Å². The van der Waals surface area contributed by atoms with Gasteiger partial charge in [-0.05, 0) is 13.3 Å². The predicted molar refractivity (Wildman–Crippen MR) is 67.8 cm³/mol. The van der Waals surface area contributed by atoms with Crippen LogP contribution in [0.1, 0.15) is 46.0 Å². The van der Waals surface area contributed by atoms with Crippen molar-refractivity contribution in [2.24, 2.45) is 5.73 Å². The molecule has 3 nitrogen and oxygen atoms in total. The van der Waals surface area contributed by atoms with Gasteiger partial charge in [-0.15, -0.1) is 0 Å². The van der Waals surface area contributed by atoms with E-state index in [4.69, 9.17) is 18.0 Å². The second kappa shape index (κ2) is 8.65. The van der Waals surface area contributed by atoms with Crippen molar-refractivity contribution in [3.05, 3.63) is 0 Å². The van der Waals surface area contributed by atoms with Gasteiger partial charge in [0.2, 0.25) is 5.91 Å². The van der Waals surface area contributed by atoms with Gasteiger partial charge in [0.15, 0.2) is 0 Å². The summed E-state index contributed by atoms with van der Waals surface area (Å²) in [5.41, 5.74) is 5.41. The first-order valence-corrected chi connectivity index (χ1v) is 6.08. The monoisotopic (exact) mass is 230 g/mol. The van der Waals surface area contributed by atoms with E-state index in [1.807, 2.05) is 11.8 Å². The van der Waals surface area contributed by atoms with Crippen LogP contribution in [-0.4, -0.2) is 28.9 Å². The normalized spacial score (nSPS) is 10.0. The fourth-order valence-electron chi connectivity index (χ4n) is 1.39. The first-order chi connectivity index (χ1) is 7.11. The zero-order valence-corrected chi connectivity index (χ0v) is 10.6.